The first-order chi connectivity index (χ1) is 12.6. The van der Waals surface area contributed by atoms with Gasteiger partial charge in [-0.3, -0.25) is 9.59 Å². The number of nitrogens with one attached hydrogen (secondary N) is 3. The molecule has 1 fully saturated rings. The Kier molecular flexibility index (Phi) is 7.79. The molecule has 2 aromatic rings. The van der Waals surface area contributed by atoms with Crippen LogP contribution < -0.4 is 16.0 Å². The summed E-state index contributed by atoms with van der Waals surface area (Å²) in [4.78, 5) is 25.7. The molecule has 2 heterocycles. The molecule has 8 heteroatoms. The normalized spacial score (nSPS) is 15.4. The van der Waals surface area contributed by atoms with E-state index in [4.69, 9.17) is 4.74 Å². The van der Waals surface area contributed by atoms with Gasteiger partial charge in [-0.1, -0.05) is 12.1 Å². The van der Waals surface area contributed by atoms with Crippen LogP contribution in [0.4, 0.5) is 11.4 Å². The summed E-state index contributed by atoms with van der Waals surface area (Å²) in [6, 6.07) is 10.8. The number of ether oxygens (including phenoxy) is 1. The number of carbonyl (C=O) groups is 2. The van der Waals surface area contributed by atoms with Crippen molar-refractivity contribution >= 4 is 46.9 Å². The minimum Gasteiger partial charge on any atom is -0.384 e. The average molecular weight is 410 g/mol. The topological polar surface area (TPSA) is 79.5 Å². The molecule has 0 spiro atoms. The van der Waals surface area contributed by atoms with Crippen LogP contribution in [0.3, 0.4) is 0 Å². The van der Waals surface area contributed by atoms with Gasteiger partial charge < -0.3 is 20.7 Å². The molecule has 0 radical (unpaired) electrons. The van der Waals surface area contributed by atoms with Crippen molar-refractivity contribution in [2.75, 3.05) is 37.4 Å². The second kappa shape index (κ2) is 9.85. The van der Waals surface area contributed by atoms with Crippen LogP contribution in [0.15, 0.2) is 41.8 Å². The van der Waals surface area contributed by atoms with Crippen LogP contribution in [0, 0.1) is 5.41 Å². The van der Waals surface area contributed by atoms with E-state index in [2.05, 4.69) is 16.0 Å². The summed E-state index contributed by atoms with van der Waals surface area (Å²) >= 11 is 1.39. The summed E-state index contributed by atoms with van der Waals surface area (Å²) in [5.74, 6) is -0.194. The van der Waals surface area contributed by atoms with Crippen LogP contribution in [0.1, 0.15) is 22.5 Å². The number of halogens is 1. The molecule has 3 rings (SSSR count). The largest absolute Gasteiger partial charge is 0.384 e. The Morgan fingerprint density at radius 2 is 1.85 bits per heavy atom. The van der Waals surface area contributed by atoms with E-state index in [1.54, 1.807) is 25.3 Å². The monoisotopic (exact) mass is 409 g/mol. The fourth-order valence-electron chi connectivity index (χ4n) is 3.16. The van der Waals surface area contributed by atoms with Crippen molar-refractivity contribution < 1.29 is 14.3 Å². The Morgan fingerprint density at radius 1 is 1.15 bits per heavy atom. The van der Waals surface area contributed by atoms with Crippen LogP contribution >= 0.6 is 23.7 Å². The number of hydrogen-bond donors (Lipinski definition) is 3. The molecule has 1 aromatic carbocycles. The van der Waals surface area contributed by atoms with E-state index in [1.165, 1.54) is 11.3 Å². The molecule has 1 aliphatic rings. The van der Waals surface area contributed by atoms with Crippen LogP contribution in [0.25, 0.3) is 0 Å². The molecule has 0 aliphatic carbocycles. The maximum atomic E-state index is 12.9. The number of rotatable bonds is 6. The summed E-state index contributed by atoms with van der Waals surface area (Å²) in [6.07, 6.45) is 1.48. The van der Waals surface area contributed by atoms with Gasteiger partial charge in [0.25, 0.3) is 5.91 Å². The van der Waals surface area contributed by atoms with Gasteiger partial charge in [0.15, 0.2) is 0 Å². The molecule has 3 N–H and O–H groups in total. The Morgan fingerprint density at radius 3 is 2.48 bits per heavy atom. The summed E-state index contributed by atoms with van der Waals surface area (Å²) in [7, 11) is 1.62. The van der Waals surface area contributed by atoms with E-state index < -0.39 is 5.41 Å². The van der Waals surface area contributed by atoms with Crippen molar-refractivity contribution in [1.29, 1.82) is 0 Å². The fraction of sp³-hybridized carbons (Fsp3) is 0.368. The van der Waals surface area contributed by atoms with Gasteiger partial charge in [-0.15, -0.1) is 23.7 Å². The number of anilines is 2. The van der Waals surface area contributed by atoms with Gasteiger partial charge in [-0.05, 0) is 55.6 Å². The Balaban J connectivity index is 0.00000261. The van der Waals surface area contributed by atoms with Crippen molar-refractivity contribution in [1.82, 2.24) is 5.32 Å². The Hall–Kier alpha value is -1.93. The lowest BCUT2D eigenvalue weighted by molar-refractivity contribution is -0.130. The van der Waals surface area contributed by atoms with E-state index in [0.29, 0.717) is 22.9 Å². The van der Waals surface area contributed by atoms with E-state index in [-0.39, 0.29) is 24.2 Å². The molecular formula is C19H24ClN3O3S. The number of amides is 2. The predicted octanol–water partition coefficient (Wildman–Crippen LogP) is 3.38. The predicted molar refractivity (Wildman–Crippen MR) is 111 cm³/mol. The number of benzene rings is 1. The molecule has 1 aromatic heterocycles. The molecule has 1 aliphatic heterocycles. The maximum absolute atomic E-state index is 12.9. The van der Waals surface area contributed by atoms with Crippen LogP contribution in [-0.2, 0) is 9.53 Å². The third kappa shape index (κ3) is 5.29. The van der Waals surface area contributed by atoms with Gasteiger partial charge >= 0.3 is 0 Å². The lowest BCUT2D eigenvalue weighted by atomic mass is 9.78. The molecule has 1 saturated heterocycles. The van der Waals surface area contributed by atoms with Crippen molar-refractivity contribution in [2.45, 2.75) is 12.8 Å². The molecule has 0 atom stereocenters. The molecule has 2 amide bonds. The third-order valence-corrected chi connectivity index (χ3v) is 5.45. The average Bonchev–Trinajstić information content (AvgIpc) is 3.18. The highest BCUT2D eigenvalue weighted by Gasteiger charge is 2.39. The van der Waals surface area contributed by atoms with E-state index in [1.807, 2.05) is 23.6 Å². The van der Waals surface area contributed by atoms with Gasteiger partial charge in [-0.2, -0.15) is 0 Å². The lowest BCUT2D eigenvalue weighted by Gasteiger charge is -2.35. The van der Waals surface area contributed by atoms with E-state index in [0.717, 1.165) is 25.9 Å². The van der Waals surface area contributed by atoms with Crippen LogP contribution in [0.2, 0.25) is 0 Å². The number of methoxy groups -OCH3 is 1. The van der Waals surface area contributed by atoms with Gasteiger partial charge in [-0.25, -0.2) is 0 Å². The third-order valence-electron chi connectivity index (χ3n) is 4.59. The molecule has 146 valence electrons. The highest BCUT2D eigenvalue weighted by atomic mass is 35.5. The summed E-state index contributed by atoms with van der Waals surface area (Å²) in [5.41, 5.74) is 0.788. The SMILES string of the molecule is COCC1(C(=O)Nc2cccc(NC(=O)c3cccs3)c2)CCNCC1.Cl. The zero-order valence-corrected chi connectivity index (χ0v) is 16.8. The Bertz CT molecular complexity index is 756. The van der Waals surface area contributed by atoms with E-state index in [9.17, 15) is 9.59 Å². The van der Waals surface area contributed by atoms with Crippen LogP contribution in [-0.4, -0.2) is 38.6 Å². The second-order valence-electron chi connectivity index (χ2n) is 6.43. The van der Waals surface area contributed by atoms with E-state index >= 15 is 0 Å². The first-order valence-electron chi connectivity index (χ1n) is 8.59. The second-order valence-corrected chi connectivity index (χ2v) is 7.38. The fourth-order valence-corrected chi connectivity index (χ4v) is 3.78. The number of carbonyl (C=O) groups excluding carboxylic acids is 2. The zero-order valence-electron chi connectivity index (χ0n) is 15.1. The van der Waals surface area contributed by atoms with Crippen LogP contribution in [0.5, 0.6) is 0 Å². The summed E-state index contributed by atoms with van der Waals surface area (Å²) in [6.45, 7) is 2.00. The lowest BCUT2D eigenvalue weighted by Crippen LogP contribution is -2.47. The zero-order chi connectivity index (χ0) is 18.4. The summed E-state index contributed by atoms with van der Waals surface area (Å²) in [5, 5.41) is 11.0. The number of thiophene rings is 1. The van der Waals surface area contributed by atoms with Crippen molar-refractivity contribution in [3.63, 3.8) is 0 Å². The summed E-state index contributed by atoms with van der Waals surface area (Å²) < 4.78 is 5.32. The molecule has 0 bridgehead atoms. The highest BCUT2D eigenvalue weighted by molar-refractivity contribution is 7.12. The molecule has 6 nitrogen and oxygen atoms in total. The van der Waals surface area contributed by atoms with Gasteiger partial charge in [0, 0.05) is 18.5 Å². The highest BCUT2D eigenvalue weighted by Crippen LogP contribution is 2.31. The van der Waals surface area contributed by atoms with Crippen molar-refractivity contribution in [3.8, 4) is 0 Å². The number of hydrogen-bond acceptors (Lipinski definition) is 5. The number of piperidine rings is 1. The Labute approximate surface area is 169 Å². The molecule has 27 heavy (non-hydrogen) atoms. The smallest absolute Gasteiger partial charge is 0.265 e. The molecule has 0 saturated carbocycles. The first kappa shape index (κ1) is 21.4. The standard InChI is InChI=1S/C19H23N3O3S.ClH/c1-25-13-19(7-9-20-10-8-19)18(24)22-15-5-2-4-14(12-15)21-17(23)16-6-3-11-26-16;/h2-6,11-12,20H,7-10,13H2,1H3,(H,21,23)(H,22,24);1H. The minimum atomic E-state index is -0.518. The minimum absolute atomic E-state index is 0. The van der Waals surface area contributed by atoms with Gasteiger partial charge in [0.1, 0.15) is 0 Å². The van der Waals surface area contributed by atoms with Crippen molar-refractivity contribution in [3.05, 3.63) is 46.7 Å². The van der Waals surface area contributed by atoms with Gasteiger partial charge in [0.2, 0.25) is 5.91 Å². The molecular weight excluding hydrogens is 386 g/mol. The van der Waals surface area contributed by atoms with Crippen molar-refractivity contribution in [2.24, 2.45) is 5.41 Å². The quantitative estimate of drug-likeness (QED) is 0.683. The first-order valence-corrected chi connectivity index (χ1v) is 9.47. The molecule has 0 unspecified atom stereocenters. The van der Waals surface area contributed by atoms with Gasteiger partial charge in [0.05, 0.1) is 16.9 Å². The maximum Gasteiger partial charge on any atom is 0.265 e.